The van der Waals surface area contributed by atoms with Crippen molar-refractivity contribution < 1.29 is 19.5 Å². The van der Waals surface area contributed by atoms with Crippen LogP contribution in [0.1, 0.15) is 31.0 Å². The Kier molecular flexibility index (Phi) is 2.47. The molecule has 20 heavy (non-hydrogen) atoms. The number of hydrogen-bond acceptors (Lipinski definition) is 6. The monoisotopic (exact) mass is 274 g/mol. The number of ether oxygens (including phenoxy) is 1. The molecule has 2 bridgehead atoms. The Morgan fingerprint density at radius 2 is 1.90 bits per heavy atom. The van der Waals surface area contributed by atoms with Crippen molar-refractivity contribution in [1.29, 1.82) is 0 Å². The van der Waals surface area contributed by atoms with Gasteiger partial charge < -0.3 is 19.5 Å². The van der Waals surface area contributed by atoms with Crippen LogP contribution in [0.2, 0.25) is 0 Å². The standard InChI is InChI=1S/C14H14N2O4/c17-8-3-7(4-9(18)5-8)14-15-13(16-20-14)11-6-10-1-2-12(11)19-10/h3-5,10-12,17-18H,1-2,6H2. The Labute approximate surface area is 115 Å². The fraction of sp³-hybridized carbons (Fsp3) is 0.429. The van der Waals surface area contributed by atoms with Crippen LogP contribution < -0.4 is 0 Å². The zero-order valence-electron chi connectivity index (χ0n) is 10.7. The lowest BCUT2D eigenvalue weighted by Crippen LogP contribution is -2.15. The van der Waals surface area contributed by atoms with Crippen molar-refractivity contribution in [3.63, 3.8) is 0 Å². The summed E-state index contributed by atoms with van der Waals surface area (Å²) in [4.78, 5) is 4.38. The summed E-state index contributed by atoms with van der Waals surface area (Å²) in [5.41, 5.74) is 0.505. The van der Waals surface area contributed by atoms with Crippen LogP contribution in [0.5, 0.6) is 11.5 Å². The van der Waals surface area contributed by atoms with Crippen molar-refractivity contribution in [2.24, 2.45) is 0 Å². The van der Waals surface area contributed by atoms with Gasteiger partial charge in [-0.05, 0) is 31.4 Å². The molecule has 4 rings (SSSR count). The topological polar surface area (TPSA) is 88.6 Å². The van der Waals surface area contributed by atoms with Crippen molar-refractivity contribution in [2.75, 3.05) is 0 Å². The van der Waals surface area contributed by atoms with Gasteiger partial charge in [0.05, 0.1) is 18.1 Å². The summed E-state index contributed by atoms with van der Waals surface area (Å²) in [5.74, 6) is 1.06. The van der Waals surface area contributed by atoms with Crippen LogP contribution in [0.3, 0.4) is 0 Å². The van der Waals surface area contributed by atoms with Crippen LogP contribution in [0.4, 0.5) is 0 Å². The molecule has 104 valence electrons. The van der Waals surface area contributed by atoms with Gasteiger partial charge in [-0.15, -0.1) is 0 Å². The molecule has 0 radical (unpaired) electrons. The van der Waals surface area contributed by atoms with Gasteiger partial charge in [0.1, 0.15) is 11.5 Å². The first kappa shape index (κ1) is 11.7. The van der Waals surface area contributed by atoms with E-state index in [-0.39, 0.29) is 23.5 Å². The maximum atomic E-state index is 9.49. The van der Waals surface area contributed by atoms with Gasteiger partial charge in [-0.2, -0.15) is 4.98 Å². The number of hydrogen-bond donors (Lipinski definition) is 2. The van der Waals surface area contributed by atoms with E-state index >= 15 is 0 Å². The molecule has 0 spiro atoms. The van der Waals surface area contributed by atoms with Gasteiger partial charge in [-0.25, -0.2) is 0 Å². The average molecular weight is 274 g/mol. The number of phenols is 2. The minimum absolute atomic E-state index is 0.0389. The minimum atomic E-state index is -0.0389. The SMILES string of the molecule is Oc1cc(O)cc(-c2nc(C3CC4CCC3O4)no2)c1. The lowest BCUT2D eigenvalue weighted by atomic mass is 9.89. The van der Waals surface area contributed by atoms with Crippen molar-refractivity contribution in [3.8, 4) is 23.0 Å². The number of benzene rings is 1. The summed E-state index contributed by atoms with van der Waals surface area (Å²) >= 11 is 0. The third-order valence-electron chi connectivity index (χ3n) is 4.03. The van der Waals surface area contributed by atoms with Gasteiger partial charge in [0.25, 0.3) is 5.89 Å². The Morgan fingerprint density at radius 3 is 2.55 bits per heavy atom. The minimum Gasteiger partial charge on any atom is -0.508 e. The Hall–Kier alpha value is -2.08. The van der Waals surface area contributed by atoms with E-state index in [4.69, 9.17) is 9.26 Å². The zero-order valence-corrected chi connectivity index (χ0v) is 10.7. The molecule has 0 aliphatic carbocycles. The maximum Gasteiger partial charge on any atom is 0.258 e. The number of fused-ring (bicyclic) bond motifs is 2. The summed E-state index contributed by atoms with van der Waals surface area (Å²) < 4.78 is 11.0. The van der Waals surface area contributed by atoms with Crippen LogP contribution in [-0.4, -0.2) is 32.6 Å². The smallest absolute Gasteiger partial charge is 0.258 e. The van der Waals surface area contributed by atoms with E-state index in [0.29, 0.717) is 23.4 Å². The van der Waals surface area contributed by atoms with E-state index in [1.165, 1.54) is 18.2 Å². The molecule has 3 heterocycles. The third-order valence-corrected chi connectivity index (χ3v) is 4.03. The molecule has 1 aromatic carbocycles. The average Bonchev–Trinajstić information content (AvgIpc) is 3.13. The fourth-order valence-corrected chi connectivity index (χ4v) is 3.13. The number of rotatable bonds is 2. The third kappa shape index (κ3) is 1.84. The number of aromatic nitrogens is 2. The molecule has 0 saturated carbocycles. The van der Waals surface area contributed by atoms with E-state index in [1.807, 2.05) is 0 Å². The second-order valence-corrected chi connectivity index (χ2v) is 5.41. The molecular formula is C14H14N2O4. The highest BCUT2D eigenvalue weighted by atomic mass is 16.5. The van der Waals surface area contributed by atoms with E-state index < -0.39 is 0 Å². The molecule has 2 aromatic rings. The van der Waals surface area contributed by atoms with Crippen molar-refractivity contribution in [3.05, 3.63) is 24.0 Å². The molecule has 3 atom stereocenters. The van der Waals surface area contributed by atoms with Gasteiger partial charge in [0.15, 0.2) is 5.82 Å². The Balaban J connectivity index is 1.65. The fourth-order valence-electron chi connectivity index (χ4n) is 3.13. The van der Waals surface area contributed by atoms with Crippen molar-refractivity contribution >= 4 is 0 Å². The molecule has 2 aliphatic heterocycles. The molecule has 6 nitrogen and oxygen atoms in total. The molecular weight excluding hydrogens is 260 g/mol. The highest BCUT2D eigenvalue weighted by Crippen LogP contribution is 2.43. The normalized spacial score (nSPS) is 28.1. The van der Waals surface area contributed by atoms with Crippen LogP contribution in [0.25, 0.3) is 11.5 Å². The van der Waals surface area contributed by atoms with Crippen molar-refractivity contribution in [1.82, 2.24) is 10.1 Å². The molecule has 2 saturated heterocycles. The van der Waals surface area contributed by atoms with E-state index in [0.717, 1.165) is 19.3 Å². The number of phenolic OH excluding ortho intramolecular Hbond substituents is 2. The summed E-state index contributed by atoms with van der Waals surface area (Å²) in [6, 6.07) is 4.22. The summed E-state index contributed by atoms with van der Waals surface area (Å²) in [6.45, 7) is 0. The molecule has 6 heteroatoms. The highest BCUT2D eigenvalue weighted by Gasteiger charge is 2.43. The first-order chi connectivity index (χ1) is 9.69. The highest BCUT2D eigenvalue weighted by molar-refractivity contribution is 5.58. The van der Waals surface area contributed by atoms with Gasteiger partial charge >= 0.3 is 0 Å². The molecule has 2 aliphatic rings. The lowest BCUT2D eigenvalue weighted by Gasteiger charge is -2.13. The second kappa shape index (κ2) is 4.21. The largest absolute Gasteiger partial charge is 0.508 e. The van der Waals surface area contributed by atoms with E-state index in [1.54, 1.807) is 0 Å². The van der Waals surface area contributed by atoms with Gasteiger partial charge in [-0.1, -0.05) is 5.16 Å². The second-order valence-electron chi connectivity index (χ2n) is 5.41. The number of aromatic hydroxyl groups is 2. The van der Waals surface area contributed by atoms with E-state index in [9.17, 15) is 10.2 Å². The molecule has 0 amide bonds. The van der Waals surface area contributed by atoms with Gasteiger partial charge in [-0.3, -0.25) is 0 Å². The summed E-state index contributed by atoms with van der Waals surface area (Å²) in [7, 11) is 0. The lowest BCUT2D eigenvalue weighted by molar-refractivity contribution is 0.0996. The van der Waals surface area contributed by atoms with Crippen LogP contribution in [0.15, 0.2) is 22.7 Å². The van der Waals surface area contributed by atoms with Crippen molar-refractivity contribution in [2.45, 2.75) is 37.4 Å². The first-order valence-corrected chi connectivity index (χ1v) is 6.71. The maximum absolute atomic E-state index is 9.49. The van der Waals surface area contributed by atoms with E-state index in [2.05, 4.69) is 10.1 Å². The first-order valence-electron chi connectivity index (χ1n) is 6.71. The quantitative estimate of drug-likeness (QED) is 0.872. The van der Waals surface area contributed by atoms with Crippen LogP contribution >= 0.6 is 0 Å². The predicted molar refractivity (Wildman–Crippen MR) is 68.3 cm³/mol. The molecule has 2 N–H and O–H groups in total. The summed E-state index contributed by atoms with van der Waals surface area (Å²) in [5, 5.41) is 23.0. The van der Waals surface area contributed by atoms with Gasteiger partial charge in [0.2, 0.25) is 0 Å². The van der Waals surface area contributed by atoms with Crippen LogP contribution in [-0.2, 0) is 4.74 Å². The number of nitrogens with zero attached hydrogens (tertiary/aromatic N) is 2. The Morgan fingerprint density at radius 1 is 1.10 bits per heavy atom. The predicted octanol–water partition coefficient (Wildman–Crippen LogP) is 2.18. The summed E-state index contributed by atoms with van der Waals surface area (Å²) in [6.07, 6.45) is 3.63. The molecule has 2 fully saturated rings. The Bertz CT molecular complexity index is 634. The molecule has 1 aromatic heterocycles. The molecule has 3 unspecified atom stereocenters. The van der Waals surface area contributed by atoms with Gasteiger partial charge in [0, 0.05) is 11.6 Å². The van der Waals surface area contributed by atoms with Crippen LogP contribution in [0, 0.1) is 0 Å². The zero-order chi connectivity index (χ0) is 13.7.